The first-order valence-corrected chi connectivity index (χ1v) is 5.93. The number of morpholine rings is 1. The van der Waals surface area contributed by atoms with Crippen LogP contribution in [0.25, 0.3) is 0 Å². The van der Waals surface area contributed by atoms with Gasteiger partial charge in [0.05, 0.1) is 13.2 Å². The molecule has 0 aromatic carbocycles. The Hall–Kier alpha value is -1.50. The number of nitrogens with two attached hydrogens (primary N) is 1. The Morgan fingerprint density at radius 3 is 2.83 bits per heavy atom. The molecule has 1 heterocycles. The number of ether oxygens (including phenoxy) is 2. The zero-order chi connectivity index (χ0) is 13.8. The third-order valence-corrected chi connectivity index (χ3v) is 2.36. The molecule has 1 amide bonds. The van der Waals surface area contributed by atoms with Crippen molar-refractivity contribution in [3.63, 3.8) is 0 Å². The Morgan fingerprint density at radius 1 is 1.61 bits per heavy atom. The van der Waals surface area contributed by atoms with Crippen molar-refractivity contribution in [1.29, 1.82) is 5.41 Å². The van der Waals surface area contributed by atoms with E-state index < -0.39 is 6.09 Å². The van der Waals surface area contributed by atoms with E-state index in [1.807, 2.05) is 20.8 Å². The van der Waals surface area contributed by atoms with Crippen molar-refractivity contribution < 1.29 is 14.3 Å². The number of hydrogen-bond donors (Lipinski definition) is 3. The highest BCUT2D eigenvalue weighted by Gasteiger charge is 2.23. The minimum absolute atomic E-state index is 0.0162. The molecule has 0 spiro atoms. The van der Waals surface area contributed by atoms with E-state index in [1.54, 1.807) is 4.90 Å². The molecule has 0 saturated carbocycles. The molecule has 0 aromatic rings. The van der Waals surface area contributed by atoms with E-state index in [2.05, 4.69) is 5.32 Å². The van der Waals surface area contributed by atoms with Gasteiger partial charge in [-0.15, -0.1) is 0 Å². The summed E-state index contributed by atoms with van der Waals surface area (Å²) in [5.41, 5.74) is 5.08. The van der Waals surface area contributed by atoms with E-state index in [-0.39, 0.29) is 24.2 Å². The maximum Gasteiger partial charge on any atom is 0.407 e. The molecule has 1 unspecified atom stereocenters. The molecule has 1 saturated heterocycles. The molecule has 7 heteroatoms. The first kappa shape index (κ1) is 14.6. The van der Waals surface area contributed by atoms with Crippen molar-refractivity contribution in [2.45, 2.75) is 32.4 Å². The van der Waals surface area contributed by atoms with E-state index in [0.717, 1.165) is 0 Å². The summed E-state index contributed by atoms with van der Waals surface area (Å²) in [7, 11) is 0. The number of carbonyl (C=O) groups is 1. The SMILES string of the molecule is CC(C)(C)NC(=O)OCC1CN(C(=N)N)CCO1. The van der Waals surface area contributed by atoms with Crippen LogP contribution in [-0.4, -0.2) is 54.9 Å². The van der Waals surface area contributed by atoms with Crippen molar-refractivity contribution in [1.82, 2.24) is 10.2 Å². The van der Waals surface area contributed by atoms with Gasteiger partial charge in [-0.2, -0.15) is 0 Å². The van der Waals surface area contributed by atoms with Gasteiger partial charge in [-0.25, -0.2) is 4.79 Å². The Balaban J connectivity index is 2.31. The fourth-order valence-electron chi connectivity index (χ4n) is 1.55. The van der Waals surface area contributed by atoms with Gasteiger partial charge >= 0.3 is 6.09 Å². The molecule has 1 atom stereocenters. The highest BCUT2D eigenvalue weighted by atomic mass is 16.6. The van der Waals surface area contributed by atoms with Gasteiger partial charge in [0.2, 0.25) is 0 Å². The number of rotatable bonds is 2. The lowest BCUT2D eigenvalue weighted by Crippen LogP contribution is -2.50. The zero-order valence-electron chi connectivity index (χ0n) is 11.2. The lowest BCUT2D eigenvalue weighted by atomic mass is 10.1. The van der Waals surface area contributed by atoms with Crippen LogP contribution in [0.4, 0.5) is 4.79 Å². The average molecular weight is 258 g/mol. The van der Waals surface area contributed by atoms with Gasteiger partial charge in [0, 0.05) is 12.1 Å². The molecule has 0 bridgehead atoms. The molecule has 1 aliphatic heterocycles. The lowest BCUT2D eigenvalue weighted by molar-refractivity contribution is -0.0388. The van der Waals surface area contributed by atoms with E-state index in [0.29, 0.717) is 19.7 Å². The molecule has 104 valence electrons. The third kappa shape index (κ3) is 5.22. The van der Waals surface area contributed by atoms with Gasteiger partial charge in [-0.1, -0.05) is 0 Å². The first-order valence-electron chi connectivity index (χ1n) is 5.93. The fourth-order valence-corrected chi connectivity index (χ4v) is 1.55. The predicted molar refractivity (Wildman–Crippen MR) is 67.5 cm³/mol. The summed E-state index contributed by atoms with van der Waals surface area (Å²) in [5, 5.41) is 10.0. The van der Waals surface area contributed by atoms with Gasteiger partial charge in [0.25, 0.3) is 0 Å². The van der Waals surface area contributed by atoms with Crippen molar-refractivity contribution in [3.8, 4) is 0 Å². The largest absolute Gasteiger partial charge is 0.447 e. The van der Waals surface area contributed by atoms with Crippen LogP contribution in [0.3, 0.4) is 0 Å². The van der Waals surface area contributed by atoms with E-state index in [9.17, 15) is 4.79 Å². The van der Waals surface area contributed by atoms with Crippen LogP contribution >= 0.6 is 0 Å². The Labute approximate surface area is 107 Å². The second-order valence-electron chi connectivity index (χ2n) is 5.30. The molecule has 1 aliphatic rings. The number of alkyl carbamates (subject to hydrolysis) is 1. The van der Waals surface area contributed by atoms with E-state index in [1.165, 1.54) is 0 Å². The van der Waals surface area contributed by atoms with Crippen LogP contribution < -0.4 is 11.1 Å². The van der Waals surface area contributed by atoms with Gasteiger partial charge in [0.1, 0.15) is 12.7 Å². The second kappa shape index (κ2) is 5.90. The highest BCUT2D eigenvalue weighted by Crippen LogP contribution is 2.06. The van der Waals surface area contributed by atoms with Crippen LogP contribution in [0.15, 0.2) is 0 Å². The van der Waals surface area contributed by atoms with Crippen molar-refractivity contribution in [2.24, 2.45) is 5.73 Å². The quantitative estimate of drug-likeness (QED) is 0.482. The lowest BCUT2D eigenvalue weighted by Gasteiger charge is -2.32. The van der Waals surface area contributed by atoms with Crippen LogP contribution in [0.2, 0.25) is 0 Å². The number of guanidine groups is 1. The number of nitrogens with one attached hydrogen (secondary N) is 2. The smallest absolute Gasteiger partial charge is 0.407 e. The number of nitrogens with zero attached hydrogens (tertiary/aromatic N) is 1. The number of carbonyl (C=O) groups excluding carboxylic acids is 1. The molecule has 4 N–H and O–H groups in total. The maximum atomic E-state index is 11.4. The summed E-state index contributed by atoms with van der Waals surface area (Å²) < 4.78 is 10.5. The van der Waals surface area contributed by atoms with Gasteiger partial charge in [-0.05, 0) is 20.8 Å². The van der Waals surface area contributed by atoms with Crippen LogP contribution in [0.1, 0.15) is 20.8 Å². The maximum absolute atomic E-state index is 11.4. The summed E-state index contributed by atoms with van der Waals surface area (Å²) in [4.78, 5) is 13.1. The summed E-state index contributed by atoms with van der Waals surface area (Å²) >= 11 is 0. The Kier molecular flexibility index (Phi) is 4.77. The number of hydrogen-bond acceptors (Lipinski definition) is 4. The van der Waals surface area contributed by atoms with Crippen LogP contribution in [0.5, 0.6) is 0 Å². The average Bonchev–Trinajstić information content (AvgIpc) is 2.24. The van der Waals surface area contributed by atoms with E-state index >= 15 is 0 Å². The van der Waals surface area contributed by atoms with Crippen LogP contribution in [-0.2, 0) is 9.47 Å². The van der Waals surface area contributed by atoms with Crippen molar-refractivity contribution in [2.75, 3.05) is 26.3 Å². The van der Waals surface area contributed by atoms with Crippen molar-refractivity contribution in [3.05, 3.63) is 0 Å². The Bertz CT molecular complexity index is 314. The molecule has 0 aliphatic carbocycles. The highest BCUT2D eigenvalue weighted by molar-refractivity contribution is 5.74. The molecule has 1 fully saturated rings. The van der Waals surface area contributed by atoms with Crippen molar-refractivity contribution >= 4 is 12.1 Å². The molecule has 0 radical (unpaired) electrons. The second-order valence-corrected chi connectivity index (χ2v) is 5.30. The Morgan fingerprint density at radius 2 is 2.28 bits per heavy atom. The molecule has 0 aromatic heterocycles. The number of amides is 1. The predicted octanol–water partition coefficient (Wildman–Crippen LogP) is 0.105. The van der Waals surface area contributed by atoms with Gasteiger partial charge in [-0.3, -0.25) is 5.41 Å². The van der Waals surface area contributed by atoms with Gasteiger partial charge in [0.15, 0.2) is 5.96 Å². The molecule has 18 heavy (non-hydrogen) atoms. The monoisotopic (exact) mass is 258 g/mol. The summed E-state index contributed by atoms with van der Waals surface area (Å²) in [6.07, 6.45) is -0.709. The summed E-state index contributed by atoms with van der Waals surface area (Å²) in [5.74, 6) is 0.0162. The normalized spacial score (nSPS) is 20.4. The molecule has 7 nitrogen and oxygen atoms in total. The standard InChI is InChI=1S/C11H22N4O3/c1-11(2,3)14-10(16)18-7-8-6-15(9(12)13)4-5-17-8/h8H,4-7H2,1-3H3,(H3,12,13)(H,14,16). The first-order chi connectivity index (χ1) is 8.28. The summed E-state index contributed by atoms with van der Waals surface area (Å²) in [6, 6.07) is 0. The topological polar surface area (TPSA) is 101 Å². The van der Waals surface area contributed by atoms with E-state index in [4.69, 9.17) is 20.6 Å². The molecule has 1 rings (SSSR count). The fraction of sp³-hybridized carbons (Fsp3) is 0.818. The minimum atomic E-state index is -0.467. The van der Waals surface area contributed by atoms with Gasteiger partial charge < -0.3 is 25.4 Å². The minimum Gasteiger partial charge on any atom is -0.447 e. The summed E-state index contributed by atoms with van der Waals surface area (Å²) in [6.45, 7) is 7.34. The molecular formula is C11H22N4O3. The zero-order valence-corrected chi connectivity index (χ0v) is 11.2. The molecular weight excluding hydrogens is 236 g/mol. The third-order valence-electron chi connectivity index (χ3n) is 2.36. The van der Waals surface area contributed by atoms with Crippen LogP contribution in [0, 0.1) is 5.41 Å².